The van der Waals surface area contributed by atoms with E-state index in [4.69, 9.17) is 23.2 Å². The summed E-state index contributed by atoms with van der Waals surface area (Å²) in [6.45, 7) is 0. The third-order valence-corrected chi connectivity index (χ3v) is 5.36. The Morgan fingerprint density at radius 2 is 2.22 bits per heavy atom. The van der Waals surface area contributed by atoms with Crippen LogP contribution in [0, 0.1) is 11.3 Å². The number of benzene rings is 1. The summed E-state index contributed by atoms with van der Waals surface area (Å²) in [7, 11) is 1.86. The van der Waals surface area contributed by atoms with Crippen molar-refractivity contribution in [3.05, 3.63) is 28.2 Å². The van der Waals surface area contributed by atoms with E-state index in [1.54, 1.807) is 11.8 Å². The Morgan fingerprint density at radius 3 is 2.78 bits per heavy atom. The third-order valence-electron chi connectivity index (χ3n) is 3.36. The Hall–Kier alpha value is -0.400. The monoisotopic (exact) mass is 300 g/mol. The minimum absolute atomic E-state index is 0.353. The lowest BCUT2D eigenvalue weighted by atomic mass is 10.0. The molecule has 1 fully saturated rings. The van der Waals surface area contributed by atoms with Gasteiger partial charge in [-0.15, -0.1) is 11.8 Å². The van der Waals surface area contributed by atoms with Gasteiger partial charge in [0, 0.05) is 10.1 Å². The molecule has 0 spiro atoms. The quantitative estimate of drug-likeness (QED) is 0.912. The van der Waals surface area contributed by atoms with Crippen molar-refractivity contribution in [3.8, 4) is 6.07 Å². The van der Waals surface area contributed by atoms with Gasteiger partial charge in [0.1, 0.15) is 5.54 Å². The van der Waals surface area contributed by atoms with Crippen molar-refractivity contribution < 1.29 is 0 Å². The molecule has 2 nitrogen and oxygen atoms in total. The van der Waals surface area contributed by atoms with Crippen LogP contribution in [0.5, 0.6) is 0 Å². The molecule has 0 aliphatic heterocycles. The maximum Gasteiger partial charge on any atom is 0.107 e. The SMILES string of the molecule is CNC1(C#N)CCC(Sc2ccc(Cl)c(Cl)c2)C1. The van der Waals surface area contributed by atoms with Crippen molar-refractivity contribution in [1.82, 2.24) is 5.32 Å². The van der Waals surface area contributed by atoms with E-state index in [1.165, 1.54) is 0 Å². The normalized spacial score (nSPS) is 27.1. The number of rotatable bonds is 3. The molecular weight excluding hydrogens is 287 g/mol. The molecule has 0 amide bonds. The second-order valence-corrected chi connectivity index (χ2v) is 6.69. The molecule has 18 heavy (non-hydrogen) atoms. The molecule has 1 aliphatic carbocycles. The largest absolute Gasteiger partial charge is 0.302 e. The van der Waals surface area contributed by atoms with E-state index in [0.29, 0.717) is 15.3 Å². The van der Waals surface area contributed by atoms with E-state index in [9.17, 15) is 5.26 Å². The van der Waals surface area contributed by atoms with Crippen molar-refractivity contribution in [2.75, 3.05) is 7.05 Å². The number of thioether (sulfide) groups is 1. The van der Waals surface area contributed by atoms with E-state index in [-0.39, 0.29) is 5.54 Å². The molecule has 2 rings (SSSR count). The molecule has 0 radical (unpaired) electrons. The van der Waals surface area contributed by atoms with Crippen LogP contribution in [0.4, 0.5) is 0 Å². The van der Waals surface area contributed by atoms with Crippen LogP contribution in [0.15, 0.2) is 23.1 Å². The maximum atomic E-state index is 9.22. The van der Waals surface area contributed by atoms with Crippen molar-refractivity contribution in [2.24, 2.45) is 0 Å². The fourth-order valence-corrected chi connectivity index (χ4v) is 3.91. The lowest BCUT2D eigenvalue weighted by Crippen LogP contribution is -2.38. The van der Waals surface area contributed by atoms with E-state index in [0.717, 1.165) is 24.2 Å². The Bertz CT molecular complexity index is 486. The van der Waals surface area contributed by atoms with Crippen LogP contribution >= 0.6 is 35.0 Å². The summed E-state index contributed by atoms with van der Waals surface area (Å²) in [5, 5.41) is 14.0. The summed E-state index contributed by atoms with van der Waals surface area (Å²) in [6.07, 6.45) is 2.81. The highest BCUT2D eigenvalue weighted by Crippen LogP contribution is 2.40. The first-order valence-electron chi connectivity index (χ1n) is 5.80. The summed E-state index contributed by atoms with van der Waals surface area (Å²) >= 11 is 13.7. The van der Waals surface area contributed by atoms with Crippen LogP contribution in [0.1, 0.15) is 19.3 Å². The number of hydrogen-bond donors (Lipinski definition) is 1. The Morgan fingerprint density at radius 1 is 1.44 bits per heavy atom. The van der Waals surface area contributed by atoms with Gasteiger partial charge in [-0.25, -0.2) is 0 Å². The Kier molecular flexibility index (Phi) is 4.45. The zero-order valence-corrected chi connectivity index (χ0v) is 12.4. The Labute approximate surface area is 122 Å². The summed E-state index contributed by atoms with van der Waals surface area (Å²) in [5.74, 6) is 0. The third kappa shape index (κ3) is 2.95. The number of hydrogen-bond acceptors (Lipinski definition) is 3. The predicted octanol–water partition coefficient (Wildman–Crippen LogP) is 4.12. The highest BCUT2D eigenvalue weighted by atomic mass is 35.5. The van der Waals surface area contributed by atoms with Gasteiger partial charge in [-0.05, 0) is 44.5 Å². The van der Waals surface area contributed by atoms with Crippen LogP contribution in [-0.4, -0.2) is 17.8 Å². The lowest BCUT2D eigenvalue weighted by molar-refractivity contribution is 0.464. The van der Waals surface area contributed by atoms with Crippen molar-refractivity contribution >= 4 is 35.0 Å². The van der Waals surface area contributed by atoms with Crippen LogP contribution in [0.3, 0.4) is 0 Å². The molecule has 1 aliphatic rings. The topological polar surface area (TPSA) is 35.8 Å². The van der Waals surface area contributed by atoms with Gasteiger partial charge < -0.3 is 5.32 Å². The van der Waals surface area contributed by atoms with Crippen LogP contribution in [0.25, 0.3) is 0 Å². The van der Waals surface area contributed by atoms with E-state index in [1.807, 2.05) is 25.2 Å². The maximum absolute atomic E-state index is 9.22. The number of nitriles is 1. The number of nitrogens with one attached hydrogen (secondary N) is 1. The number of nitrogens with zero attached hydrogens (tertiary/aromatic N) is 1. The average molecular weight is 301 g/mol. The molecule has 0 heterocycles. The predicted molar refractivity (Wildman–Crippen MR) is 77.4 cm³/mol. The summed E-state index contributed by atoms with van der Waals surface area (Å²) < 4.78 is 0. The summed E-state index contributed by atoms with van der Waals surface area (Å²) in [5.41, 5.74) is -0.353. The van der Waals surface area contributed by atoms with Crippen molar-refractivity contribution in [1.29, 1.82) is 5.26 Å². The number of halogens is 2. The van der Waals surface area contributed by atoms with Crippen LogP contribution in [0.2, 0.25) is 10.0 Å². The molecule has 0 saturated heterocycles. The molecule has 1 aromatic rings. The highest BCUT2D eigenvalue weighted by molar-refractivity contribution is 8.00. The van der Waals surface area contributed by atoms with Gasteiger partial charge in [0.2, 0.25) is 0 Å². The summed E-state index contributed by atoms with van der Waals surface area (Å²) in [6, 6.07) is 8.07. The zero-order chi connectivity index (χ0) is 13.2. The van der Waals surface area contributed by atoms with Crippen LogP contribution in [-0.2, 0) is 0 Å². The minimum Gasteiger partial charge on any atom is -0.302 e. The second-order valence-electron chi connectivity index (χ2n) is 4.50. The van der Waals surface area contributed by atoms with Gasteiger partial charge in [0.05, 0.1) is 16.1 Å². The highest BCUT2D eigenvalue weighted by Gasteiger charge is 2.38. The van der Waals surface area contributed by atoms with E-state index in [2.05, 4.69) is 11.4 Å². The molecule has 96 valence electrons. The fraction of sp³-hybridized carbons (Fsp3) is 0.462. The molecule has 0 aromatic heterocycles. The second kappa shape index (κ2) is 5.71. The van der Waals surface area contributed by atoms with Gasteiger partial charge in [-0.1, -0.05) is 23.2 Å². The first-order chi connectivity index (χ1) is 8.58. The molecule has 1 aromatic carbocycles. The van der Waals surface area contributed by atoms with Crippen molar-refractivity contribution in [2.45, 2.75) is 34.9 Å². The van der Waals surface area contributed by atoms with E-state index >= 15 is 0 Å². The molecule has 0 bridgehead atoms. The van der Waals surface area contributed by atoms with Crippen molar-refractivity contribution in [3.63, 3.8) is 0 Å². The van der Waals surface area contributed by atoms with Gasteiger partial charge in [-0.2, -0.15) is 5.26 Å². The molecule has 2 unspecified atom stereocenters. The van der Waals surface area contributed by atoms with Gasteiger partial charge in [-0.3, -0.25) is 0 Å². The first-order valence-corrected chi connectivity index (χ1v) is 7.44. The minimum atomic E-state index is -0.353. The first kappa shape index (κ1) is 14.0. The molecule has 1 N–H and O–H groups in total. The van der Waals surface area contributed by atoms with E-state index < -0.39 is 0 Å². The fourth-order valence-electron chi connectivity index (χ4n) is 2.23. The lowest BCUT2D eigenvalue weighted by Gasteiger charge is -2.19. The molecule has 2 atom stereocenters. The van der Waals surface area contributed by atoms with Gasteiger partial charge >= 0.3 is 0 Å². The van der Waals surface area contributed by atoms with Gasteiger partial charge in [0.15, 0.2) is 0 Å². The summed E-state index contributed by atoms with van der Waals surface area (Å²) in [4.78, 5) is 1.11. The zero-order valence-electron chi connectivity index (χ0n) is 10.0. The van der Waals surface area contributed by atoms with Gasteiger partial charge in [0.25, 0.3) is 0 Å². The molecule has 5 heteroatoms. The Balaban J connectivity index is 2.04. The average Bonchev–Trinajstić information content (AvgIpc) is 2.78. The molecule has 1 saturated carbocycles. The smallest absolute Gasteiger partial charge is 0.107 e. The van der Waals surface area contributed by atoms with Crippen LogP contribution < -0.4 is 5.32 Å². The molecular formula is C13H14Cl2N2S. The standard InChI is InChI=1S/C13H14Cl2N2S/c1-17-13(8-16)5-4-10(7-13)18-9-2-3-11(14)12(15)6-9/h2-3,6,10,17H,4-5,7H2,1H3.